The van der Waals surface area contributed by atoms with Gasteiger partial charge >= 0.3 is 0 Å². The normalized spacial score (nSPS) is 13.5. The summed E-state index contributed by atoms with van der Waals surface area (Å²) in [5.41, 5.74) is 6.32. The lowest BCUT2D eigenvalue weighted by Gasteiger charge is -2.21. The molecule has 0 aromatic rings. The molecule has 0 aliphatic heterocycles. The van der Waals surface area contributed by atoms with Crippen LogP contribution in [0.3, 0.4) is 0 Å². The molecule has 0 rings (SSSR count). The Morgan fingerprint density at radius 3 is 1.92 bits per heavy atom. The van der Waals surface area contributed by atoms with Gasteiger partial charge in [-0.2, -0.15) is 11.8 Å². The third-order valence-electron chi connectivity index (χ3n) is 1.47. The predicted octanol–water partition coefficient (Wildman–Crippen LogP) is 2.89. The van der Waals surface area contributed by atoms with Gasteiger partial charge in [0.1, 0.15) is 0 Å². The number of rotatable bonds is 4. The van der Waals surface area contributed by atoms with Gasteiger partial charge in [0.2, 0.25) is 0 Å². The van der Waals surface area contributed by atoms with E-state index in [0.29, 0.717) is 5.41 Å². The molecule has 0 bridgehead atoms. The van der Waals surface area contributed by atoms with Crippen LogP contribution < -0.4 is 5.73 Å². The quantitative estimate of drug-likeness (QED) is 0.688. The molecule has 0 aromatic heterocycles. The van der Waals surface area contributed by atoms with Crippen LogP contribution in [0, 0.1) is 5.41 Å². The lowest BCUT2D eigenvalue weighted by atomic mass is 9.94. The number of thioether (sulfide) groups is 1. The highest BCUT2D eigenvalue weighted by atomic mass is 32.2. The fourth-order valence-electron chi connectivity index (χ4n) is 0.714. The Labute approximate surface area is 81.5 Å². The Hall–Kier alpha value is 0.310. The minimum atomic E-state index is -0.0114. The van der Waals surface area contributed by atoms with Gasteiger partial charge in [0.15, 0.2) is 0 Å². The van der Waals surface area contributed by atoms with Crippen LogP contribution in [0.4, 0.5) is 0 Å². The Balaban J connectivity index is 3.35. The summed E-state index contributed by atoms with van der Waals surface area (Å²) >= 11 is 1.96. The van der Waals surface area contributed by atoms with E-state index in [4.69, 9.17) is 5.73 Å². The van der Waals surface area contributed by atoms with Gasteiger partial charge in [-0.15, -0.1) is 0 Å². The minimum absolute atomic E-state index is 0.0114. The van der Waals surface area contributed by atoms with Crippen LogP contribution in [-0.2, 0) is 0 Å². The van der Waals surface area contributed by atoms with Crippen LogP contribution in [-0.4, -0.2) is 17.0 Å². The molecule has 0 unspecified atom stereocenters. The fourth-order valence-corrected chi connectivity index (χ4v) is 2.14. The van der Waals surface area contributed by atoms with Gasteiger partial charge < -0.3 is 5.73 Å². The van der Waals surface area contributed by atoms with Crippen molar-refractivity contribution in [2.45, 2.75) is 46.6 Å². The van der Waals surface area contributed by atoms with E-state index in [1.54, 1.807) is 0 Å². The molecule has 0 spiro atoms. The summed E-state index contributed by atoms with van der Waals surface area (Å²) in [6, 6.07) is 0. The zero-order chi connectivity index (χ0) is 9.83. The molecule has 0 aliphatic rings. The van der Waals surface area contributed by atoms with Gasteiger partial charge in [-0.1, -0.05) is 20.8 Å². The molecule has 12 heavy (non-hydrogen) atoms. The summed E-state index contributed by atoms with van der Waals surface area (Å²) in [6.07, 6.45) is 1.27. The molecule has 0 saturated heterocycles. The first kappa shape index (κ1) is 12.3. The monoisotopic (exact) mass is 189 g/mol. The van der Waals surface area contributed by atoms with Crippen molar-refractivity contribution < 1.29 is 0 Å². The molecule has 0 aliphatic carbocycles. The van der Waals surface area contributed by atoms with E-state index in [1.165, 1.54) is 12.2 Å². The summed E-state index contributed by atoms with van der Waals surface area (Å²) in [5.74, 6) is 2.28. The Morgan fingerprint density at radius 2 is 1.58 bits per heavy atom. The van der Waals surface area contributed by atoms with E-state index in [0.717, 1.165) is 5.75 Å². The van der Waals surface area contributed by atoms with Crippen molar-refractivity contribution in [3.05, 3.63) is 0 Å². The highest BCUT2D eigenvalue weighted by molar-refractivity contribution is 7.99. The van der Waals surface area contributed by atoms with Crippen LogP contribution in [0.1, 0.15) is 41.0 Å². The topological polar surface area (TPSA) is 26.0 Å². The van der Waals surface area contributed by atoms with Crippen LogP contribution in [0.15, 0.2) is 0 Å². The highest BCUT2D eigenvalue weighted by Gasteiger charge is 2.13. The maximum Gasteiger partial charge on any atom is 0.0188 e. The average Bonchev–Trinajstić information content (AvgIpc) is 1.76. The molecule has 0 amide bonds. The first-order valence-electron chi connectivity index (χ1n) is 4.57. The van der Waals surface area contributed by atoms with E-state index < -0.39 is 0 Å². The van der Waals surface area contributed by atoms with Crippen molar-refractivity contribution in [2.24, 2.45) is 11.1 Å². The molecule has 0 atom stereocenters. The van der Waals surface area contributed by atoms with Crippen molar-refractivity contribution in [1.29, 1.82) is 0 Å². The van der Waals surface area contributed by atoms with Gasteiger partial charge in [0.05, 0.1) is 0 Å². The van der Waals surface area contributed by atoms with E-state index >= 15 is 0 Å². The van der Waals surface area contributed by atoms with Crippen molar-refractivity contribution in [1.82, 2.24) is 0 Å². The molecular formula is C10H23NS. The van der Waals surface area contributed by atoms with Gasteiger partial charge in [-0.3, -0.25) is 0 Å². The standard InChI is InChI=1S/C10H23NS/c1-9(2,3)6-7-12-8-10(4,5)11/h6-8,11H2,1-5H3. The number of hydrogen-bond acceptors (Lipinski definition) is 2. The molecule has 0 radical (unpaired) electrons. The zero-order valence-corrected chi connectivity index (χ0v) is 9.92. The van der Waals surface area contributed by atoms with E-state index in [-0.39, 0.29) is 5.54 Å². The van der Waals surface area contributed by atoms with Crippen molar-refractivity contribution in [3.63, 3.8) is 0 Å². The second-order valence-electron chi connectivity index (χ2n) is 5.35. The molecule has 1 nitrogen and oxygen atoms in total. The van der Waals surface area contributed by atoms with Crippen LogP contribution >= 0.6 is 11.8 Å². The van der Waals surface area contributed by atoms with Gasteiger partial charge in [-0.25, -0.2) is 0 Å². The van der Waals surface area contributed by atoms with Crippen molar-refractivity contribution in [3.8, 4) is 0 Å². The van der Waals surface area contributed by atoms with Crippen LogP contribution in [0.5, 0.6) is 0 Å². The molecule has 74 valence electrons. The molecule has 0 heterocycles. The van der Waals surface area contributed by atoms with E-state index in [2.05, 4.69) is 34.6 Å². The van der Waals surface area contributed by atoms with Crippen LogP contribution in [0.25, 0.3) is 0 Å². The first-order chi connectivity index (χ1) is 5.21. The largest absolute Gasteiger partial charge is 0.325 e. The molecule has 2 N–H and O–H groups in total. The Kier molecular flexibility index (Phi) is 4.64. The van der Waals surface area contributed by atoms with Crippen LogP contribution in [0.2, 0.25) is 0 Å². The maximum atomic E-state index is 5.86. The average molecular weight is 189 g/mol. The minimum Gasteiger partial charge on any atom is -0.325 e. The summed E-state index contributed by atoms with van der Waals surface area (Å²) < 4.78 is 0. The molecule has 0 saturated carbocycles. The molecular weight excluding hydrogens is 166 g/mol. The molecule has 0 aromatic carbocycles. The lowest BCUT2D eigenvalue weighted by molar-refractivity contribution is 0.401. The predicted molar refractivity (Wildman–Crippen MR) is 59.7 cm³/mol. The smallest absolute Gasteiger partial charge is 0.0188 e. The summed E-state index contributed by atoms with van der Waals surface area (Å²) in [6.45, 7) is 11.0. The van der Waals surface area contributed by atoms with Gasteiger partial charge in [0.25, 0.3) is 0 Å². The number of hydrogen-bond donors (Lipinski definition) is 1. The highest BCUT2D eigenvalue weighted by Crippen LogP contribution is 2.22. The summed E-state index contributed by atoms with van der Waals surface area (Å²) in [4.78, 5) is 0. The molecule has 0 fully saturated rings. The maximum absolute atomic E-state index is 5.86. The summed E-state index contributed by atoms with van der Waals surface area (Å²) in [7, 11) is 0. The SMILES string of the molecule is CC(C)(C)CCSCC(C)(C)N. The van der Waals surface area contributed by atoms with Crippen molar-refractivity contribution in [2.75, 3.05) is 11.5 Å². The molecule has 2 heteroatoms. The van der Waals surface area contributed by atoms with E-state index in [1.807, 2.05) is 11.8 Å². The Morgan fingerprint density at radius 1 is 1.08 bits per heavy atom. The fraction of sp³-hybridized carbons (Fsp3) is 1.00. The van der Waals surface area contributed by atoms with Crippen molar-refractivity contribution >= 4 is 11.8 Å². The van der Waals surface area contributed by atoms with E-state index in [9.17, 15) is 0 Å². The Bertz CT molecular complexity index is 103. The first-order valence-corrected chi connectivity index (χ1v) is 5.73. The summed E-state index contributed by atoms with van der Waals surface area (Å²) in [5, 5.41) is 0. The number of nitrogens with two attached hydrogens (primary N) is 1. The van der Waals surface area contributed by atoms with Gasteiger partial charge in [0, 0.05) is 11.3 Å². The third kappa shape index (κ3) is 10.3. The second-order valence-corrected chi connectivity index (χ2v) is 6.46. The zero-order valence-electron chi connectivity index (χ0n) is 9.11. The van der Waals surface area contributed by atoms with Gasteiger partial charge in [-0.05, 0) is 31.4 Å². The lowest BCUT2D eigenvalue weighted by Crippen LogP contribution is -2.34. The third-order valence-corrected chi connectivity index (χ3v) is 2.91. The second kappa shape index (κ2) is 4.52.